The lowest BCUT2D eigenvalue weighted by Crippen LogP contribution is -2.20. The van der Waals surface area contributed by atoms with Crippen LogP contribution in [0, 0.1) is 6.92 Å². The number of carbonyl (C=O) groups excluding carboxylic acids is 3. The van der Waals surface area contributed by atoms with Gasteiger partial charge in [0.15, 0.2) is 0 Å². The van der Waals surface area contributed by atoms with Crippen LogP contribution >= 0.6 is 11.3 Å². The number of carbonyl (C=O) groups is 3. The fourth-order valence-corrected chi connectivity index (χ4v) is 4.52. The molecule has 0 aliphatic carbocycles. The van der Waals surface area contributed by atoms with Crippen LogP contribution in [0.4, 0.5) is 11.6 Å². The zero-order valence-electron chi connectivity index (χ0n) is 19.3. The van der Waals surface area contributed by atoms with E-state index in [1.165, 1.54) is 11.3 Å². The average molecular weight is 492 g/mol. The summed E-state index contributed by atoms with van der Waals surface area (Å²) in [6, 6.07) is 10.5. The normalized spacial score (nSPS) is 11.3. The second-order valence-corrected chi connectivity index (χ2v) is 8.77. The van der Waals surface area contributed by atoms with Gasteiger partial charge >= 0.3 is 0 Å². The molecule has 0 radical (unpaired) electrons. The Morgan fingerprint density at radius 3 is 2.63 bits per heavy atom. The fourth-order valence-electron chi connectivity index (χ4n) is 3.56. The van der Waals surface area contributed by atoms with Gasteiger partial charge in [-0.15, -0.1) is 11.3 Å². The number of aromatic nitrogens is 4. The molecule has 0 bridgehead atoms. The van der Waals surface area contributed by atoms with E-state index >= 15 is 0 Å². The molecular formula is C24H25N7O3S. The van der Waals surface area contributed by atoms with Gasteiger partial charge in [-0.25, -0.2) is 4.98 Å². The number of allylic oxidation sites excluding steroid dienone is 1. The first-order valence-corrected chi connectivity index (χ1v) is 11.8. The minimum absolute atomic E-state index is 0.314. The van der Waals surface area contributed by atoms with Gasteiger partial charge in [0.2, 0.25) is 5.95 Å². The van der Waals surface area contributed by atoms with Gasteiger partial charge in [-0.05, 0) is 50.2 Å². The first kappa shape index (κ1) is 23.9. The molecule has 4 N–H and O–H groups in total. The molecule has 4 rings (SSSR count). The van der Waals surface area contributed by atoms with Crippen molar-refractivity contribution in [2.45, 2.75) is 26.9 Å². The summed E-state index contributed by atoms with van der Waals surface area (Å²) in [5.74, 6) is -0.463. The Balaban J connectivity index is 1.52. The maximum absolute atomic E-state index is 13.0. The topological polar surface area (TPSA) is 137 Å². The SMILES string of the molecule is CCn1nc(C)cc1C(=O)Nc1nc2cc(C(N)=O)sc2n1C/C=C/CNc1ccc(C=O)cc1. The highest BCUT2D eigenvalue weighted by Crippen LogP contribution is 2.29. The van der Waals surface area contributed by atoms with E-state index in [1.54, 1.807) is 28.9 Å². The molecular weight excluding hydrogens is 466 g/mol. The van der Waals surface area contributed by atoms with Crippen molar-refractivity contribution in [3.63, 3.8) is 0 Å². The number of imidazole rings is 1. The van der Waals surface area contributed by atoms with Gasteiger partial charge in [-0.3, -0.25) is 28.9 Å². The van der Waals surface area contributed by atoms with E-state index < -0.39 is 5.91 Å². The maximum atomic E-state index is 13.0. The number of aryl methyl sites for hydroxylation is 2. The number of nitrogens with zero attached hydrogens (tertiary/aromatic N) is 4. The Morgan fingerprint density at radius 1 is 1.17 bits per heavy atom. The van der Waals surface area contributed by atoms with E-state index in [4.69, 9.17) is 5.73 Å². The lowest BCUT2D eigenvalue weighted by atomic mass is 10.2. The molecule has 3 aromatic heterocycles. The van der Waals surface area contributed by atoms with Crippen molar-refractivity contribution < 1.29 is 14.4 Å². The van der Waals surface area contributed by atoms with Crippen molar-refractivity contribution >= 4 is 51.4 Å². The molecule has 0 spiro atoms. The summed E-state index contributed by atoms with van der Waals surface area (Å²) in [6.45, 7) is 5.30. The van der Waals surface area contributed by atoms with Crippen LogP contribution in [0.3, 0.4) is 0 Å². The van der Waals surface area contributed by atoms with Gasteiger partial charge in [-0.1, -0.05) is 12.2 Å². The molecule has 2 amide bonds. The van der Waals surface area contributed by atoms with Crippen LogP contribution in [0.5, 0.6) is 0 Å². The molecule has 0 saturated heterocycles. The molecule has 3 heterocycles. The summed E-state index contributed by atoms with van der Waals surface area (Å²) in [7, 11) is 0. The second-order valence-electron chi connectivity index (χ2n) is 7.74. The first-order chi connectivity index (χ1) is 16.9. The van der Waals surface area contributed by atoms with Crippen LogP contribution in [-0.2, 0) is 13.1 Å². The smallest absolute Gasteiger partial charge is 0.276 e. The van der Waals surface area contributed by atoms with Crippen molar-refractivity contribution in [2.75, 3.05) is 17.2 Å². The number of fused-ring (bicyclic) bond motifs is 1. The number of benzene rings is 1. The molecule has 4 aromatic rings. The molecule has 0 aliphatic rings. The highest BCUT2D eigenvalue weighted by atomic mass is 32.1. The molecule has 35 heavy (non-hydrogen) atoms. The van der Waals surface area contributed by atoms with Gasteiger partial charge in [0.05, 0.1) is 10.6 Å². The lowest BCUT2D eigenvalue weighted by Gasteiger charge is -2.09. The summed E-state index contributed by atoms with van der Waals surface area (Å²) < 4.78 is 3.47. The number of amides is 2. The van der Waals surface area contributed by atoms with Crippen molar-refractivity contribution in [1.82, 2.24) is 19.3 Å². The molecule has 0 aliphatic heterocycles. The number of primary amides is 1. The highest BCUT2D eigenvalue weighted by Gasteiger charge is 2.20. The standard InChI is InChI=1S/C24H25N7O3S/c1-3-31-19(12-15(2)29-31)22(34)28-24-27-18-13-20(21(25)33)35-23(18)30(24)11-5-4-10-26-17-8-6-16(14-32)7-9-17/h4-9,12-14,26H,3,10-11H2,1-2H3,(H2,25,33)(H,27,28,34)/b5-4+. The molecule has 10 nitrogen and oxygen atoms in total. The molecule has 0 atom stereocenters. The number of rotatable bonds is 10. The Morgan fingerprint density at radius 2 is 1.94 bits per heavy atom. The number of aldehydes is 1. The van der Waals surface area contributed by atoms with Gasteiger partial charge in [0.25, 0.3) is 11.8 Å². The van der Waals surface area contributed by atoms with Crippen molar-refractivity contribution in [1.29, 1.82) is 0 Å². The molecule has 0 fully saturated rings. The number of thiophene rings is 1. The summed E-state index contributed by atoms with van der Waals surface area (Å²) in [6.07, 6.45) is 4.69. The largest absolute Gasteiger partial charge is 0.382 e. The van der Waals surface area contributed by atoms with Gasteiger partial charge in [0, 0.05) is 30.9 Å². The lowest BCUT2D eigenvalue weighted by molar-refractivity contribution is 0.0998. The monoisotopic (exact) mass is 491 g/mol. The van der Waals surface area contributed by atoms with Gasteiger partial charge in [0.1, 0.15) is 22.3 Å². The van der Waals surface area contributed by atoms with E-state index in [0.29, 0.717) is 47.2 Å². The summed E-state index contributed by atoms with van der Waals surface area (Å²) >= 11 is 1.23. The number of nitrogens with one attached hydrogen (secondary N) is 2. The molecule has 180 valence electrons. The van der Waals surface area contributed by atoms with E-state index in [2.05, 4.69) is 20.7 Å². The minimum atomic E-state index is -0.521. The quantitative estimate of drug-likeness (QED) is 0.230. The zero-order chi connectivity index (χ0) is 24.9. The molecule has 0 unspecified atom stereocenters. The van der Waals surface area contributed by atoms with Crippen LogP contribution in [-0.4, -0.2) is 44.0 Å². The number of anilines is 2. The van der Waals surface area contributed by atoms with Gasteiger partial charge < -0.3 is 11.1 Å². The van der Waals surface area contributed by atoms with E-state index in [9.17, 15) is 14.4 Å². The van der Waals surface area contributed by atoms with E-state index in [1.807, 2.05) is 42.7 Å². The fraction of sp³-hybridized carbons (Fsp3) is 0.208. The zero-order valence-corrected chi connectivity index (χ0v) is 20.1. The number of nitrogens with two attached hydrogens (primary N) is 1. The predicted molar refractivity (Wildman–Crippen MR) is 136 cm³/mol. The van der Waals surface area contributed by atoms with Crippen LogP contribution in [0.1, 0.15) is 43.1 Å². The summed E-state index contributed by atoms with van der Waals surface area (Å²) in [4.78, 5) is 41.1. The Labute approximate surface area is 205 Å². The Bertz CT molecular complexity index is 1410. The number of hydrogen-bond acceptors (Lipinski definition) is 7. The summed E-state index contributed by atoms with van der Waals surface area (Å²) in [5.41, 5.74) is 8.74. The van der Waals surface area contributed by atoms with Crippen molar-refractivity contribution in [3.8, 4) is 0 Å². The molecule has 1 aromatic carbocycles. The van der Waals surface area contributed by atoms with Crippen LogP contribution in [0.2, 0.25) is 0 Å². The van der Waals surface area contributed by atoms with Crippen molar-refractivity contribution in [2.24, 2.45) is 5.73 Å². The van der Waals surface area contributed by atoms with Crippen LogP contribution in [0.25, 0.3) is 10.3 Å². The van der Waals surface area contributed by atoms with E-state index in [0.717, 1.165) is 22.5 Å². The summed E-state index contributed by atoms with van der Waals surface area (Å²) in [5, 5.41) is 10.5. The third-order valence-electron chi connectivity index (χ3n) is 5.25. The van der Waals surface area contributed by atoms with Gasteiger partial charge in [-0.2, -0.15) is 5.10 Å². The molecule has 11 heteroatoms. The Kier molecular flexibility index (Phi) is 7.06. The minimum Gasteiger partial charge on any atom is -0.382 e. The highest BCUT2D eigenvalue weighted by molar-refractivity contribution is 7.20. The third-order valence-corrected chi connectivity index (χ3v) is 6.41. The van der Waals surface area contributed by atoms with Crippen molar-refractivity contribution in [3.05, 3.63) is 70.4 Å². The van der Waals surface area contributed by atoms with Crippen LogP contribution in [0.15, 0.2) is 48.6 Å². The third kappa shape index (κ3) is 5.30. The number of hydrogen-bond donors (Lipinski definition) is 3. The second kappa shape index (κ2) is 10.3. The Hall–Kier alpha value is -4.25. The first-order valence-electron chi connectivity index (χ1n) is 11.0. The molecule has 0 saturated carbocycles. The van der Waals surface area contributed by atoms with E-state index in [-0.39, 0.29) is 5.91 Å². The average Bonchev–Trinajstić information content (AvgIpc) is 3.52. The predicted octanol–water partition coefficient (Wildman–Crippen LogP) is 3.45. The van der Waals surface area contributed by atoms with Crippen LogP contribution < -0.4 is 16.4 Å². The maximum Gasteiger partial charge on any atom is 0.276 e.